The van der Waals surface area contributed by atoms with Crippen LogP contribution in [0.4, 0.5) is 0 Å². The summed E-state index contributed by atoms with van der Waals surface area (Å²) in [5.74, 6) is 0.0940. The lowest BCUT2D eigenvalue weighted by molar-refractivity contribution is 0.0343. The molecular formula is C17H22O4. The van der Waals surface area contributed by atoms with E-state index in [9.17, 15) is 9.90 Å². The zero-order valence-corrected chi connectivity index (χ0v) is 12.6. The first kappa shape index (κ1) is 15.4. The minimum atomic E-state index is -0.386. The number of phenolic OH excluding ortho intramolecular Hbond substituents is 1. The number of aromatic hydroxyl groups is 1. The van der Waals surface area contributed by atoms with Gasteiger partial charge in [-0.2, -0.15) is 0 Å². The number of cyclic esters (lactones) is 1. The summed E-state index contributed by atoms with van der Waals surface area (Å²) in [7, 11) is 1.49. The highest BCUT2D eigenvalue weighted by Gasteiger charge is 2.22. The summed E-state index contributed by atoms with van der Waals surface area (Å²) in [5, 5.41) is 9.78. The Balaban J connectivity index is 2.38. The van der Waals surface area contributed by atoms with Crippen molar-refractivity contribution in [3.05, 3.63) is 35.4 Å². The maximum Gasteiger partial charge on any atom is 0.342 e. The van der Waals surface area contributed by atoms with Crippen LogP contribution >= 0.6 is 0 Å². The zero-order chi connectivity index (χ0) is 15.2. The van der Waals surface area contributed by atoms with Gasteiger partial charge in [0.05, 0.1) is 7.11 Å². The summed E-state index contributed by atoms with van der Waals surface area (Å²) in [6, 6.07) is 3.09. The lowest BCUT2D eigenvalue weighted by Crippen LogP contribution is -2.17. The third-order valence-corrected chi connectivity index (χ3v) is 3.60. The molecule has 4 nitrogen and oxygen atoms in total. The Morgan fingerprint density at radius 2 is 2.10 bits per heavy atom. The fourth-order valence-electron chi connectivity index (χ4n) is 2.52. The van der Waals surface area contributed by atoms with Crippen LogP contribution in [0.15, 0.2) is 24.3 Å². The van der Waals surface area contributed by atoms with Gasteiger partial charge in [0.15, 0.2) is 0 Å². The van der Waals surface area contributed by atoms with Crippen molar-refractivity contribution in [1.29, 1.82) is 0 Å². The molecule has 1 aliphatic rings. The highest BCUT2D eigenvalue weighted by Crippen LogP contribution is 2.30. The topological polar surface area (TPSA) is 55.8 Å². The molecule has 1 aromatic rings. The summed E-state index contributed by atoms with van der Waals surface area (Å²) in [6.07, 6.45) is 8.47. The third kappa shape index (κ3) is 4.00. The summed E-state index contributed by atoms with van der Waals surface area (Å²) in [4.78, 5) is 12.4. The van der Waals surface area contributed by atoms with E-state index in [1.54, 1.807) is 6.07 Å². The SMILES string of the molecule is COc1cc(O)cc2c1C(=O)OC(C)CC=CCCCC2. The number of rotatable bonds is 1. The average molecular weight is 290 g/mol. The minimum Gasteiger partial charge on any atom is -0.508 e. The molecule has 1 atom stereocenters. The van der Waals surface area contributed by atoms with Crippen LogP contribution in [0.25, 0.3) is 0 Å². The van der Waals surface area contributed by atoms with Gasteiger partial charge in [-0.05, 0) is 44.2 Å². The predicted octanol–water partition coefficient (Wildman–Crippen LogP) is 3.62. The summed E-state index contributed by atoms with van der Waals surface area (Å²) >= 11 is 0. The second-order valence-corrected chi connectivity index (χ2v) is 5.35. The Bertz CT molecular complexity index is 534. The second kappa shape index (κ2) is 7.16. The molecule has 2 rings (SSSR count). The van der Waals surface area contributed by atoms with Crippen molar-refractivity contribution in [2.24, 2.45) is 0 Å². The fraction of sp³-hybridized carbons (Fsp3) is 0.471. The number of carbonyl (C=O) groups is 1. The number of phenols is 1. The van der Waals surface area contributed by atoms with E-state index in [0.717, 1.165) is 31.2 Å². The second-order valence-electron chi connectivity index (χ2n) is 5.35. The monoisotopic (exact) mass is 290 g/mol. The highest BCUT2D eigenvalue weighted by molar-refractivity contribution is 5.94. The van der Waals surface area contributed by atoms with Crippen molar-refractivity contribution in [3.8, 4) is 11.5 Å². The van der Waals surface area contributed by atoms with Crippen LogP contribution in [0.1, 0.15) is 48.5 Å². The molecule has 0 amide bonds. The quantitative estimate of drug-likeness (QED) is 0.634. The first-order valence-electron chi connectivity index (χ1n) is 7.37. The van der Waals surface area contributed by atoms with E-state index >= 15 is 0 Å². The van der Waals surface area contributed by atoms with E-state index in [-0.39, 0.29) is 17.8 Å². The van der Waals surface area contributed by atoms with Crippen LogP contribution in [-0.2, 0) is 11.2 Å². The molecule has 0 saturated heterocycles. The molecule has 1 heterocycles. The molecule has 0 fully saturated rings. The number of hydrogen-bond donors (Lipinski definition) is 1. The van der Waals surface area contributed by atoms with E-state index < -0.39 is 0 Å². The number of allylic oxidation sites excluding steroid dienone is 1. The molecule has 0 radical (unpaired) electrons. The Kier molecular flexibility index (Phi) is 5.26. The maximum atomic E-state index is 12.4. The maximum absolute atomic E-state index is 12.4. The van der Waals surface area contributed by atoms with Gasteiger partial charge in [-0.25, -0.2) is 4.79 Å². The Labute approximate surface area is 125 Å². The molecule has 1 aromatic carbocycles. The average Bonchev–Trinajstić information content (AvgIpc) is 2.44. The number of esters is 1. The lowest BCUT2D eigenvalue weighted by Gasteiger charge is -2.17. The van der Waals surface area contributed by atoms with Gasteiger partial charge in [0, 0.05) is 12.5 Å². The molecule has 0 saturated carbocycles. The van der Waals surface area contributed by atoms with Crippen molar-refractivity contribution in [1.82, 2.24) is 0 Å². The molecule has 1 N–H and O–H groups in total. The molecule has 0 spiro atoms. The largest absolute Gasteiger partial charge is 0.508 e. The van der Waals surface area contributed by atoms with Gasteiger partial charge >= 0.3 is 5.97 Å². The van der Waals surface area contributed by atoms with Crippen LogP contribution in [-0.4, -0.2) is 24.3 Å². The van der Waals surface area contributed by atoms with Gasteiger partial charge < -0.3 is 14.6 Å². The molecule has 114 valence electrons. The van der Waals surface area contributed by atoms with Crippen LogP contribution in [0.5, 0.6) is 11.5 Å². The van der Waals surface area contributed by atoms with Gasteiger partial charge in [0.2, 0.25) is 0 Å². The number of carbonyl (C=O) groups excluding carboxylic acids is 1. The van der Waals surface area contributed by atoms with Gasteiger partial charge in [-0.3, -0.25) is 0 Å². The summed E-state index contributed by atoms with van der Waals surface area (Å²) < 4.78 is 10.7. The molecule has 21 heavy (non-hydrogen) atoms. The predicted molar refractivity (Wildman–Crippen MR) is 80.8 cm³/mol. The standard InChI is InChI=1S/C17H22O4/c1-12-8-6-4-3-5-7-9-13-10-14(18)11-15(20-2)16(13)17(19)21-12/h4,6,10-12,18H,3,5,7-9H2,1-2H3. The summed E-state index contributed by atoms with van der Waals surface area (Å²) in [6.45, 7) is 1.88. The Hall–Kier alpha value is -1.97. The Morgan fingerprint density at radius 3 is 2.86 bits per heavy atom. The van der Waals surface area contributed by atoms with Gasteiger partial charge in [0.25, 0.3) is 0 Å². The van der Waals surface area contributed by atoms with Crippen LogP contribution < -0.4 is 4.74 Å². The van der Waals surface area contributed by atoms with E-state index in [1.807, 2.05) is 6.92 Å². The van der Waals surface area contributed by atoms with Crippen molar-refractivity contribution < 1.29 is 19.4 Å². The molecule has 0 aliphatic carbocycles. The van der Waals surface area contributed by atoms with Crippen LogP contribution in [0, 0.1) is 0 Å². The first-order valence-corrected chi connectivity index (χ1v) is 7.37. The van der Waals surface area contributed by atoms with E-state index in [2.05, 4.69) is 12.2 Å². The van der Waals surface area contributed by atoms with E-state index in [4.69, 9.17) is 9.47 Å². The Morgan fingerprint density at radius 1 is 1.29 bits per heavy atom. The molecule has 0 bridgehead atoms. The molecule has 0 aromatic heterocycles. The number of benzene rings is 1. The van der Waals surface area contributed by atoms with Gasteiger partial charge in [-0.1, -0.05) is 12.2 Å². The number of hydrogen-bond acceptors (Lipinski definition) is 4. The summed E-state index contributed by atoms with van der Waals surface area (Å²) in [5.41, 5.74) is 1.22. The smallest absolute Gasteiger partial charge is 0.342 e. The highest BCUT2D eigenvalue weighted by atomic mass is 16.5. The van der Waals surface area contributed by atoms with Crippen molar-refractivity contribution in [2.45, 2.75) is 45.1 Å². The minimum absolute atomic E-state index is 0.110. The van der Waals surface area contributed by atoms with Gasteiger partial charge in [-0.15, -0.1) is 0 Å². The van der Waals surface area contributed by atoms with Crippen LogP contribution in [0.3, 0.4) is 0 Å². The molecule has 4 heteroatoms. The molecular weight excluding hydrogens is 268 g/mol. The van der Waals surface area contributed by atoms with Crippen molar-refractivity contribution in [3.63, 3.8) is 0 Å². The fourth-order valence-corrected chi connectivity index (χ4v) is 2.52. The van der Waals surface area contributed by atoms with E-state index in [0.29, 0.717) is 17.7 Å². The lowest BCUT2D eigenvalue weighted by atomic mass is 9.99. The number of methoxy groups -OCH3 is 1. The first-order chi connectivity index (χ1) is 10.1. The van der Waals surface area contributed by atoms with Crippen LogP contribution in [0.2, 0.25) is 0 Å². The molecule has 1 unspecified atom stereocenters. The van der Waals surface area contributed by atoms with Crippen molar-refractivity contribution in [2.75, 3.05) is 7.11 Å². The number of fused-ring (bicyclic) bond motifs is 1. The third-order valence-electron chi connectivity index (χ3n) is 3.60. The van der Waals surface area contributed by atoms with Crippen molar-refractivity contribution >= 4 is 5.97 Å². The van der Waals surface area contributed by atoms with Gasteiger partial charge in [0.1, 0.15) is 23.2 Å². The molecule has 1 aliphatic heterocycles. The number of ether oxygens (including phenoxy) is 2. The number of aryl methyl sites for hydroxylation is 1. The normalized spacial score (nSPS) is 19.9. The zero-order valence-electron chi connectivity index (χ0n) is 12.6. The van der Waals surface area contributed by atoms with E-state index in [1.165, 1.54) is 13.2 Å².